The molecule has 2 heterocycles. The third kappa shape index (κ3) is 4.09. The zero-order chi connectivity index (χ0) is 18.9. The largest absolute Gasteiger partial charge is 0.297 e. The van der Waals surface area contributed by atoms with Crippen LogP contribution in [0, 0.1) is 0 Å². The third-order valence-electron chi connectivity index (χ3n) is 4.82. The van der Waals surface area contributed by atoms with Crippen molar-refractivity contribution in [1.82, 2.24) is 19.7 Å². The van der Waals surface area contributed by atoms with Gasteiger partial charge in [0.25, 0.3) is 0 Å². The molecule has 0 aliphatic carbocycles. The maximum atomic E-state index is 11.6. The average molecular weight is 382 g/mol. The fourth-order valence-electron chi connectivity index (χ4n) is 3.31. The SMILES string of the molecule is CS(=O)(=O)c1ccc(CN2CCc3nc(-c4ccccc4)nn3CC2)cc1. The molecule has 0 fully saturated rings. The van der Waals surface area contributed by atoms with Crippen LogP contribution in [0.5, 0.6) is 0 Å². The van der Waals surface area contributed by atoms with E-state index in [4.69, 9.17) is 4.98 Å². The lowest BCUT2D eigenvalue weighted by Gasteiger charge is -2.19. The second kappa shape index (κ2) is 7.25. The molecule has 2 aromatic carbocycles. The van der Waals surface area contributed by atoms with E-state index in [2.05, 4.69) is 10.00 Å². The first kappa shape index (κ1) is 17.9. The molecule has 3 aromatic rings. The molecule has 6 nitrogen and oxygen atoms in total. The van der Waals surface area contributed by atoms with Gasteiger partial charge in [-0.2, -0.15) is 5.10 Å². The second-order valence-electron chi connectivity index (χ2n) is 6.88. The number of nitrogens with zero attached hydrogens (tertiary/aromatic N) is 4. The number of hydrogen-bond donors (Lipinski definition) is 0. The molecule has 0 bridgehead atoms. The van der Waals surface area contributed by atoms with Crippen LogP contribution in [-0.2, 0) is 29.3 Å². The molecule has 140 valence electrons. The van der Waals surface area contributed by atoms with Crippen molar-refractivity contribution in [2.75, 3.05) is 19.3 Å². The van der Waals surface area contributed by atoms with Gasteiger partial charge in [-0.15, -0.1) is 0 Å². The molecule has 1 aliphatic rings. The molecular formula is C20H22N4O2S. The maximum Gasteiger partial charge on any atom is 0.181 e. The van der Waals surface area contributed by atoms with E-state index in [1.165, 1.54) is 6.26 Å². The Balaban J connectivity index is 1.43. The van der Waals surface area contributed by atoms with Crippen LogP contribution in [0.1, 0.15) is 11.4 Å². The predicted molar refractivity (Wildman–Crippen MR) is 104 cm³/mol. The van der Waals surface area contributed by atoms with Crippen molar-refractivity contribution in [3.63, 3.8) is 0 Å². The number of aromatic nitrogens is 3. The van der Waals surface area contributed by atoms with Crippen molar-refractivity contribution in [3.8, 4) is 11.4 Å². The van der Waals surface area contributed by atoms with Gasteiger partial charge in [-0.05, 0) is 17.7 Å². The summed E-state index contributed by atoms with van der Waals surface area (Å²) in [6, 6.07) is 17.2. The van der Waals surface area contributed by atoms with Crippen molar-refractivity contribution < 1.29 is 8.42 Å². The smallest absolute Gasteiger partial charge is 0.181 e. The molecule has 27 heavy (non-hydrogen) atoms. The molecule has 0 radical (unpaired) electrons. The summed E-state index contributed by atoms with van der Waals surface area (Å²) in [4.78, 5) is 7.44. The molecule has 4 rings (SSSR count). The molecule has 0 saturated heterocycles. The maximum absolute atomic E-state index is 11.6. The Morgan fingerprint density at radius 3 is 2.41 bits per heavy atom. The zero-order valence-electron chi connectivity index (χ0n) is 15.2. The Morgan fingerprint density at radius 1 is 0.963 bits per heavy atom. The third-order valence-corrected chi connectivity index (χ3v) is 5.95. The number of benzene rings is 2. The first-order chi connectivity index (χ1) is 13.0. The highest BCUT2D eigenvalue weighted by Gasteiger charge is 2.18. The summed E-state index contributed by atoms with van der Waals surface area (Å²) in [5.74, 6) is 1.80. The van der Waals surface area contributed by atoms with E-state index in [1.54, 1.807) is 12.1 Å². The first-order valence-electron chi connectivity index (χ1n) is 8.99. The summed E-state index contributed by atoms with van der Waals surface area (Å²) in [5.41, 5.74) is 2.15. The Labute approximate surface area is 159 Å². The summed E-state index contributed by atoms with van der Waals surface area (Å²) in [6.45, 7) is 3.39. The average Bonchev–Trinajstić information content (AvgIpc) is 2.99. The number of hydrogen-bond acceptors (Lipinski definition) is 5. The van der Waals surface area contributed by atoms with Crippen molar-refractivity contribution in [2.45, 2.75) is 24.4 Å². The highest BCUT2D eigenvalue weighted by atomic mass is 32.2. The van der Waals surface area contributed by atoms with Gasteiger partial charge in [0.1, 0.15) is 5.82 Å². The first-order valence-corrected chi connectivity index (χ1v) is 10.9. The van der Waals surface area contributed by atoms with Crippen molar-refractivity contribution in [3.05, 3.63) is 66.0 Å². The Hall–Kier alpha value is -2.51. The van der Waals surface area contributed by atoms with E-state index in [0.29, 0.717) is 4.90 Å². The van der Waals surface area contributed by atoms with Gasteiger partial charge in [-0.1, -0.05) is 42.5 Å². The van der Waals surface area contributed by atoms with Gasteiger partial charge >= 0.3 is 0 Å². The van der Waals surface area contributed by atoms with Gasteiger partial charge in [0.15, 0.2) is 15.7 Å². The van der Waals surface area contributed by atoms with Crippen LogP contribution < -0.4 is 0 Å². The van der Waals surface area contributed by atoms with Crippen LogP contribution in [0.2, 0.25) is 0 Å². The Morgan fingerprint density at radius 2 is 1.70 bits per heavy atom. The molecular weight excluding hydrogens is 360 g/mol. The Bertz CT molecular complexity index is 1000. The standard InChI is InChI=1S/C20H22N4O2S/c1-27(25,26)18-9-7-16(8-10-18)15-23-12-11-19-21-20(22-24(19)14-13-23)17-5-3-2-4-6-17/h2-10H,11-15H2,1H3. The van der Waals surface area contributed by atoms with E-state index >= 15 is 0 Å². The van der Waals surface area contributed by atoms with Crippen LogP contribution >= 0.6 is 0 Å². The summed E-state index contributed by atoms with van der Waals surface area (Å²) in [6.07, 6.45) is 2.08. The number of rotatable bonds is 4. The summed E-state index contributed by atoms with van der Waals surface area (Å²) in [5, 5.41) is 4.67. The van der Waals surface area contributed by atoms with Crippen LogP contribution in [0.25, 0.3) is 11.4 Å². The van der Waals surface area contributed by atoms with E-state index in [0.717, 1.165) is 55.4 Å². The van der Waals surface area contributed by atoms with Crippen LogP contribution in [0.3, 0.4) is 0 Å². The van der Waals surface area contributed by atoms with Crippen molar-refractivity contribution in [2.24, 2.45) is 0 Å². The number of fused-ring (bicyclic) bond motifs is 1. The predicted octanol–water partition coefficient (Wildman–Crippen LogP) is 2.41. The monoisotopic (exact) mass is 382 g/mol. The molecule has 0 amide bonds. The van der Waals surface area contributed by atoms with E-state index in [9.17, 15) is 8.42 Å². The lowest BCUT2D eigenvalue weighted by molar-refractivity contribution is 0.269. The minimum atomic E-state index is -3.15. The van der Waals surface area contributed by atoms with Gasteiger partial charge in [0, 0.05) is 37.9 Å². The van der Waals surface area contributed by atoms with Crippen molar-refractivity contribution >= 4 is 9.84 Å². The number of sulfone groups is 1. The van der Waals surface area contributed by atoms with E-state index in [-0.39, 0.29) is 0 Å². The van der Waals surface area contributed by atoms with Gasteiger partial charge in [0.05, 0.1) is 11.4 Å². The van der Waals surface area contributed by atoms with Crippen LogP contribution in [0.15, 0.2) is 59.5 Å². The van der Waals surface area contributed by atoms with Gasteiger partial charge in [-0.25, -0.2) is 18.1 Å². The fourth-order valence-corrected chi connectivity index (χ4v) is 3.94. The lowest BCUT2D eigenvalue weighted by atomic mass is 10.2. The van der Waals surface area contributed by atoms with E-state index in [1.807, 2.05) is 47.1 Å². The summed E-state index contributed by atoms with van der Waals surface area (Å²) in [7, 11) is -3.15. The van der Waals surface area contributed by atoms with Gasteiger partial charge < -0.3 is 0 Å². The highest BCUT2D eigenvalue weighted by Crippen LogP contribution is 2.18. The quantitative estimate of drug-likeness (QED) is 0.693. The van der Waals surface area contributed by atoms with E-state index < -0.39 is 9.84 Å². The normalized spacial score (nSPS) is 15.3. The molecule has 1 aliphatic heterocycles. The van der Waals surface area contributed by atoms with Crippen LogP contribution in [-0.4, -0.2) is 47.4 Å². The van der Waals surface area contributed by atoms with Crippen molar-refractivity contribution in [1.29, 1.82) is 0 Å². The van der Waals surface area contributed by atoms with Gasteiger partial charge in [0.2, 0.25) is 0 Å². The topological polar surface area (TPSA) is 68.1 Å². The fraction of sp³-hybridized carbons (Fsp3) is 0.300. The second-order valence-corrected chi connectivity index (χ2v) is 8.90. The molecule has 0 spiro atoms. The van der Waals surface area contributed by atoms with Gasteiger partial charge in [-0.3, -0.25) is 4.90 Å². The summed E-state index contributed by atoms with van der Waals surface area (Å²) >= 11 is 0. The molecule has 1 aromatic heterocycles. The Kier molecular flexibility index (Phi) is 4.80. The minimum absolute atomic E-state index is 0.361. The summed E-state index contributed by atoms with van der Waals surface area (Å²) < 4.78 is 25.2. The minimum Gasteiger partial charge on any atom is -0.297 e. The molecule has 0 saturated carbocycles. The lowest BCUT2D eigenvalue weighted by Crippen LogP contribution is -2.26. The van der Waals surface area contributed by atoms with Crippen LogP contribution in [0.4, 0.5) is 0 Å². The molecule has 0 unspecified atom stereocenters. The molecule has 0 atom stereocenters. The molecule has 0 N–H and O–H groups in total. The highest BCUT2D eigenvalue weighted by molar-refractivity contribution is 7.90. The molecule has 7 heteroatoms. The zero-order valence-corrected chi connectivity index (χ0v) is 16.1.